The molecule has 5 nitrogen and oxygen atoms in total. The summed E-state index contributed by atoms with van der Waals surface area (Å²) in [5.74, 6) is 1.48. The van der Waals surface area contributed by atoms with Gasteiger partial charge in [0.1, 0.15) is 12.2 Å². The van der Waals surface area contributed by atoms with Crippen molar-refractivity contribution in [3.8, 4) is 0 Å². The summed E-state index contributed by atoms with van der Waals surface area (Å²) in [5.41, 5.74) is 8.51. The maximum absolute atomic E-state index is 6.28. The Kier molecular flexibility index (Phi) is 4.27. The topological polar surface area (TPSA) is 69.6 Å². The van der Waals surface area contributed by atoms with Gasteiger partial charge in [0.05, 0.1) is 0 Å². The number of hydrogen-bond donors (Lipinski definition) is 1. The minimum Gasteiger partial charge on any atom is -0.324 e. The zero-order chi connectivity index (χ0) is 13.8. The molecule has 0 aliphatic rings. The van der Waals surface area contributed by atoms with E-state index in [1.807, 2.05) is 23.9 Å². The van der Waals surface area contributed by atoms with Gasteiger partial charge in [-0.3, -0.25) is 4.98 Å². The number of pyridine rings is 1. The minimum atomic E-state index is -0.0712. The number of aryl methyl sites for hydroxylation is 1. The van der Waals surface area contributed by atoms with Crippen LogP contribution in [0.4, 0.5) is 0 Å². The van der Waals surface area contributed by atoms with Gasteiger partial charge in [0.15, 0.2) is 0 Å². The number of nitrogens with zero attached hydrogens (tertiary/aromatic N) is 4. The normalized spacial score (nSPS) is 12.9. The highest BCUT2D eigenvalue weighted by atomic mass is 15.3. The maximum Gasteiger partial charge on any atom is 0.138 e. The van der Waals surface area contributed by atoms with Crippen molar-refractivity contribution in [1.82, 2.24) is 19.7 Å². The average Bonchev–Trinajstić information content (AvgIpc) is 2.76. The summed E-state index contributed by atoms with van der Waals surface area (Å²) in [4.78, 5) is 8.41. The van der Waals surface area contributed by atoms with E-state index < -0.39 is 0 Å². The Morgan fingerprint density at radius 2 is 2.16 bits per heavy atom. The minimum absolute atomic E-state index is 0.0712. The van der Waals surface area contributed by atoms with E-state index in [9.17, 15) is 0 Å². The Hall–Kier alpha value is -1.75. The van der Waals surface area contributed by atoms with Gasteiger partial charge in [0.25, 0.3) is 0 Å². The predicted octanol–water partition coefficient (Wildman–Crippen LogP) is 1.88. The van der Waals surface area contributed by atoms with Crippen molar-refractivity contribution in [3.63, 3.8) is 0 Å². The Morgan fingerprint density at radius 3 is 2.84 bits per heavy atom. The van der Waals surface area contributed by atoms with Crippen molar-refractivity contribution < 1.29 is 0 Å². The fraction of sp³-hybridized carbons (Fsp3) is 0.500. The number of hydrogen-bond acceptors (Lipinski definition) is 4. The molecule has 0 aliphatic carbocycles. The van der Waals surface area contributed by atoms with Crippen LogP contribution >= 0.6 is 0 Å². The first-order chi connectivity index (χ1) is 9.08. The fourth-order valence-electron chi connectivity index (χ4n) is 2.15. The van der Waals surface area contributed by atoms with Crippen molar-refractivity contribution in [3.05, 3.63) is 41.7 Å². The molecule has 1 unspecified atom stereocenters. The van der Waals surface area contributed by atoms with Gasteiger partial charge < -0.3 is 5.73 Å². The highest BCUT2D eigenvalue weighted by molar-refractivity contribution is 5.25. The third kappa shape index (κ3) is 3.38. The molecule has 5 heteroatoms. The fourth-order valence-corrected chi connectivity index (χ4v) is 2.15. The summed E-state index contributed by atoms with van der Waals surface area (Å²) in [5, 5.41) is 4.26. The Morgan fingerprint density at radius 1 is 1.37 bits per heavy atom. The number of rotatable bonds is 5. The van der Waals surface area contributed by atoms with Crippen molar-refractivity contribution >= 4 is 0 Å². The van der Waals surface area contributed by atoms with Gasteiger partial charge in [-0.2, -0.15) is 5.10 Å². The van der Waals surface area contributed by atoms with E-state index in [4.69, 9.17) is 5.73 Å². The molecule has 0 radical (unpaired) electrons. The second-order valence-electron chi connectivity index (χ2n) is 5.30. The van der Waals surface area contributed by atoms with E-state index in [0.717, 1.165) is 23.5 Å². The van der Waals surface area contributed by atoms with Crippen LogP contribution in [-0.4, -0.2) is 19.7 Å². The van der Waals surface area contributed by atoms with Crippen molar-refractivity contribution in [2.45, 2.75) is 39.8 Å². The van der Waals surface area contributed by atoms with Crippen LogP contribution in [-0.2, 0) is 13.0 Å². The zero-order valence-electron chi connectivity index (χ0n) is 11.7. The Labute approximate surface area is 113 Å². The van der Waals surface area contributed by atoms with E-state index in [0.29, 0.717) is 12.3 Å². The van der Waals surface area contributed by atoms with Gasteiger partial charge in [-0.1, -0.05) is 13.8 Å². The first kappa shape index (κ1) is 13.7. The third-order valence-corrected chi connectivity index (χ3v) is 3.10. The van der Waals surface area contributed by atoms with E-state index in [-0.39, 0.29) is 6.04 Å². The molecule has 2 heterocycles. The second-order valence-corrected chi connectivity index (χ2v) is 5.30. The van der Waals surface area contributed by atoms with Crippen LogP contribution in [0.15, 0.2) is 24.8 Å². The monoisotopic (exact) mass is 259 g/mol. The van der Waals surface area contributed by atoms with Crippen LogP contribution < -0.4 is 5.73 Å². The molecule has 0 spiro atoms. The Bertz CT molecular complexity index is 532. The molecule has 0 bridgehead atoms. The van der Waals surface area contributed by atoms with Crippen LogP contribution in [0.5, 0.6) is 0 Å². The van der Waals surface area contributed by atoms with Gasteiger partial charge in [0.2, 0.25) is 0 Å². The lowest BCUT2D eigenvalue weighted by Gasteiger charge is -2.15. The van der Waals surface area contributed by atoms with Crippen LogP contribution in [0.3, 0.4) is 0 Å². The lowest BCUT2D eigenvalue weighted by atomic mass is 10.0. The van der Waals surface area contributed by atoms with Gasteiger partial charge in [-0.25, -0.2) is 9.67 Å². The smallest absolute Gasteiger partial charge is 0.138 e. The van der Waals surface area contributed by atoms with Crippen molar-refractivity contribution in [2.75, 3.05) is 0 Å². The summed E-state index contributed by atoms with van der Waals surface area (Å²) >= 11 is 0. The first-order valence-electron chi connectivity index (χ1n) is 6.60. The summed E-state index contributed by atoms with van der Waals surface area (Å²) in [6, 6.07) is 1.90. The molecule has 102 valence electrons. The van der Waals surface area contributed by atoms with Crippen LogP contribution in [0.2, 0.25) is 0 Å². The molecule has 0 saturated heterocycles. The van der Waals surface area contributed by atoms with Gasteiger partial charge in [-0.05, 0) is 30.0 Å². The van der Waals surface area contributed by atoms with Crippen molar-refractivity contribution in [1.29, 1.82) is 0 Å². The summed E-state index contributed by atoms with van der Waals surface area (Å²) in [7, 11) is 0. The van der Waals surface area contributed by atoms with E-state index in [1.165, 1.54) is 0 Å². The molecule has 0 fully saturated rings. The molecule has 0 amide bonds. The molecule has 0 aromatic carbocycles. The zero-order valence-corrected chi connectivity index (χ0v) is 11.7. The lowest BCUT2D eigenvalue weighted by Crippen LogP contribution is -2.19. The highest BCUT2D eigenvalue weighted by Gasteiger charge is 2.14. The average molecular weight is 259 g/mol. The highest BCUT2D eigenvalue weighted by Crippen LogP contribution is 2.18. The van der Waals surface area contributed by atoms with Crippen LogP contribution in [0, 0.1) is 12.8 Å². The third-order valence-electron chi connectivity index (χ3n) is 3.10. The largest absolute Gasteiger partial charge is 0.324 e. The van der Waals surface area contributed by atoms with Crippen LogP contribution in [0.1, 0.15) is 36.8 Å². The molecular weight excluding hydrogens is 238 g/mol. The molecular formula is C14H21N5. The molecule has 1 atom stereocenters. The van der Waals surface area contributed by atoms with Gasteiger partial charge >= 0.3 is 0 Å². The van der Waals surface area contributed by atoms with E-state index in [1.54, 1.807) is 12.5 Å². The molecule has 2 aromatic heterocycles. The molecule has 2 N–H and O–H groups in total. The lowest BCUT2D eigenvalue weighted by molar-refractivity contribution is 0.459. The maximum atomic E-state index is 6.28. The van der Waals surface area contributed by atoms with E-state index >= 15 is 0 Å². The molecule has 0 aliphatic heterocycles. The number of aromatic nitrogens is 4. The Balaban J connectivity index is 2.13. The predicted molar refractivity (Wildman–Crippen MR) is 74.5 cm³/mol. The molecule has 2 aromatic rings. The number of nitrogens with two attached hydrogens (primary N) is 1. The summed E-state index contributed by atoms with van der Waals surface area (Å²) in [6.07, 6.45) is 5.91. The molecule has 0 saturated carbocycles. The van der Waals surface area contributed by atoms with Gasteiger partial charge in [-0.15, -0.1) is 0 Å². The standard InChI is InChI=1S/C14H21N5/c1-10(2)8-19-14(17-9-18-19)6-13(15)12-4-5-16-7-11(12)3/h4-5,7,9-10,13H,6,8,15H2,1-3H3. The van der Waals surface area contributed by atoms with Gasteiger partial charge in [0, 0.05) is 31.4 Å². The second kappa shape index (κ2) is 5.93. The molecule has 19 heavy (non-hydrogen) atoms. The molecule has 2 rings (SSSR count). The summed E-state index contributed by atoms with van der Waals surface area (Å²) in [6.45, 7) is 7.23. The first-order valence-corrected chi connectivity index (χ1v) is 6.60. The summed E-state index contributed by atoms with van der Waals surface area (Å²) < 4.78 is 1.95. The quantitative estimate of drug-likeness (QED) is 0.890. The van der Waals surface area contributed by atoms with Crippen LogP contribution in [0.25, 0.3) is 0 Å². The van der Waals surface area contributed by atoms with E-state index in [2.05, 4.69) is 28.9 Å². The van der Waals surface area contributed by atoms with Crippen molar-refractivity contribution in [2.24, 2.45) is 11.7 Å². The SMILES string of the molecule is Cc1cnccc1C(N)Cc1ncnn1CC(C)C.